The first kappa shape index (κ1) is 9.66. The number of benzene rings is 1. The molecule has 0 unspecified atom stereocenters. The molecular formula is C11H9ClN2O2. The number of aromatic nitrogens is 2. The highest BCUT2D eigenvalue weighted by Crippen LogP contribution is 2.35. The summed E-state index contributed by atoms with van der Waals surface area (Å²) in [6.45, 7) is 2.93. The molecule has 1 aliphatic heterocycles. The molecule has 0 spiro atoms. The second kappa shape index (κ2) is 3.49. The lowest BCUT2D eigenvalue weighted by atomic mass is 10.2. The number of ether oxygens (including phenoxy) is 2. The van der Waals surface area contributed by atoms with Gasteiger partial charge in [0.1, 0.15) is 24.2 Å². The monoisotopic (exact) mass is 236 g/mol. The maximum absolute atomic E-state index is 6.06. The molecule has 1 aliphatic rings. The van der Waals surface area contributed by atoms with Crippen LogP contribution in [0, 0.1) is 6.92 Å². The number of aryl methyl sites for hydroxylation is 1. The van der Waals surface area contributed by atoms with E-state index in [9.17, 15) is 0 Å². The summed E-state index contributed by atoms with van der Waals surface area (Å²) < 4.78 is 11.0. The summed E-state index contributed by atoms with van der Waals surface area (Å²) in [6, 6.07) is 3.66. The summed E-state index contributed by atoms with van der Waals surface area (Å²) in [5.41, 5.74) is 0.779. The van der Waals surface area contributed by atoms with Crippen LogP contribution < -0.4 is 9.47 Å². The fraction of sp³-hybridized carbons (Fsp3) is 0.273. The Labute approximate surface area is 97.2 Å². The fourth-order valence-electron chi connectivity index (χ4n) is 1.74. The molecule has 1 aromatic heterocycles. The van der Waals surface area contributed by atoms with E-state index in [-0.39, 0.29) is 0 Å². The van der Waals surface area contributed by atoms with E-state index in [2.05, 4.69) is 9.97 Å². The molecule has 0 atom stereocenters. The van der Waals surface area contributed by atoms with Gasteiger partial charge >= 0.3 is 0 Å². The van der Waals surface area contributed by atoms with E-state index >= 15 is 0 Å². The van der Waals surface area contributed by atoms with Crippen molar-refractivity contribution in [2.75, 3.05) is 13.2 Å². The lowest BCUT2D eigenvalue weighted by molar-refractivity contribution is 0.172. The van der Waals surface area contributed by atoms with E-state index in [0.29, 0.717) is 35.7 Å². The molecule has 0 saturated heterocycles. The number of halogens is 1. The van der Waals surface area contributed by atoms with Gasteiger partial charge in [0, 0.05) is 11.5 Å². The second-order valence-corrected chi connectivity index (χ2v) is 3.93. The van der Waals surface area contributed by atoms with Crippen molar-refractivity contribution in [2.24, 2.45) is 0 Å². The first-order valence-corrected chi connectivity index (χ1v) is 5.35. The van der Waals surface area contributed by atoms with Gasteiger partial charge in [-0.25, -0.2) is 9.97 Å². The zero-order valence-corrected chi connectivity index (χ0v) is 9.41. The average Bonchev–Trinajstić information content (AvgIpc) is 2.27. The van der Waals surface area contributed by atoms with Crippen molar-refractivity contribution in [3.8, 4) is 11.5 Å². The van der Waals surface area contributed by atoms with Crippen LogP contribution in [0.3, 0.4) is 0 Å². The van der Waals surface area contributed by atoms with Crippen LogP contribution in [0.4, 0.5) is 0 Å². The van der Waals surface area contributed by atoms with E-state index in [0.717, 1.165) is 10.9 Å². The predicted molar refractivity (Wildman–Crippen MR) is 60.3 cm³/mol. The number of hydrogen-bond acceptors (Lipinski definition) is 4. The molecule has 0 bridgehead atoms. The van der Waals surface area contributed by atoms with Crippen LogP contribution in [-0.2, 0) is 0 Å². The van der Waals surface area contributed by atoms with Crippen LogP contribution in [-0.4, -0.2) is 23.2 Å². The Morgan fingerprint density at radius 3 is 2.56 bits per heavy atom. The van der Waals surface area contributed by atoms with Gasteiger partial charge in [-0.3, -0.25) is 0 Å². The smallest absolute Gasteiger partial charge is 0.163 e. The standard InChI is InChI=1S/C11H9ClN2O2/c1-6-13-8-5-10-9(15-2-3-16-10)4-7(8)11(12)14-6/h4-5H,2-3H2,1H3. The molecule has 0 fully saturated rings. The van der Waals surface area contributed by atoms with Crippen molar-refractivity contribution in [1.29, 1.82) is 0 Å². The van der Waals surface area contributed by atoms with E-state index in [1.54, 1.807) is 0 Å². The quantitative estimate of drug-likeness (QED) is 0.659. The maximum atomic E-state index is 6.06. The Kier molecular flexibility index (Phi) is 2.11. The molecule has 0 amide bonds. The maximum Gasteiger partial charge on any atom is 0.163 e. The lowest BCUT2D eigenvalue weighted by Crippen LogP contribution is -2.15. The Balaban J connectivity index is 2.31. The van der Waals surface area contributed by atoms with Crippen molar-refractivity contribution in [3.63, 3.8) is 0 Å². The normalized spacial score (nSPS) is 14.1. The second-order valence-electron chi connectivity index (χ2n) is 3.57. The van der Waals surface area contributed by atoms with Crippen LogP contribution in [0.25, 0.3) is 10.9 Å². The van der Waals surface area contributed by atoms with Crippen molar-refractivity contribution < 1.29 is 9.47 Å². The minimum Gasteiger partial charge on any atom is -0.486 e. The number of rotatable bonds is 0. The molecule has 2 aromatic rings. The minimum atomic E-state index is 0.444. The van der Waals surface area contributed by atoms with E-state index in [4.69, 9.17) is 21.1 Å². The van der Waals surface area contributed by atoms with Gasteiger partial charge in [0.25, 0.3) is 0 Å². The highest BCUT2D eigenvalue weighted by Gasteiger charge is 2.15. The third-order valence-electron chi connectivity index (χ3n) is 2.42. The van der Waals surface area contributed by atoms with Gasteiger partial charge in [0.2, 0.25) is 0 Å². The molecule has 5 heteroatoms. The topological polar surface area (TPSA) is 44.2 Å². The highest BCUT2D eigenvalue weighted by molar-refractivity contribution is 6.34. The molecule has 0 radical (unpaired) electrons. The third kappa shape index (κ3) is 1.46. The summed E-state index contributed by atoms with van der Waals surface area (Å²) in [5, 5.41) is 1.23. The Morgan fingerprint density at radius 2 is 1.81 bits per heavy atom. The van der Waals surface area contributed by atoms with Gasteiger partial charge in [-0.15, -0.1) is 0 Å². The fourth-order valence-corrected chi connectivity index (χ4v) is 2.01. The van der Waals surface area contributed by atoms with E-state index in [1.807, 2.05) is 19.1 Å². The Morgan fingerprint density at radius 1 is 1.12 bits per heavy atom. The molecule has 2 heterocycles. The van der Waals surface area contributed by atoms with Crippen LogP contribution >= 0.6 is 11.6 Å². The molecule has 82 valence electrons. The van der Waals surface area contributed by atoms with Gasteiger partial charge in [0.15, 0.2) is 11.5 Å². The molecule has 0 aliphatic carbocycles. The predicted octanol–water partition coefficient (Wildman–Crippen LogP) is 2.36. The van der Waals surface area contributed by atoms with Crippen molar-refractivity contribution in [3.05, 3.63) is 23.1 Å². The number of hydrogen-bond donors (Lipinski definition) is 0. The van der Waals surface area contributed by atoms with Crippen molar-refractivity contribution in [1.82, 2.24) is 9.97 Å². The van der Waals surface area contributed by atoms with E-state index in [1.165, 1.54) is 0 Å². The third-order valence-corrected chi connectivity index (χ3v) is 2.71. The summed E-state index contributed by atoms with van der Waals surface area (Å²) in [4.78, 5) is 8.42. The van der Waals surface area contributed by atoms with Crippen LogP contribution in [0.2, 0.25) is 5.15 Å². The summed E-state index contributed by atoms with van der Waals surface area (Å²) >= 11 is 6.06. The van der Waals surface area contributed by atoms with E-state index < -0.39 is 0 Å². The Hall–Kier alpha value is -1.55. The van der Waals surface area contributed by atoms with Gasteiger partial charge in [-0.1, -0.05) is 11.6 Å². The highest BCUT2D eigenvalue weighted by atomic mass is 35.5. The summed E-state index contributed by atoms with van der Waals surface area (Å²) in [6.07, 6.45) is 0. The SMILES string of the molecule is Cc1nc(Cl)c2cc3c(cc2n1)OCCO3. The average molecular weight is 237 g/mol. The first-order chi connectivity index (χ1) is 7.74. The zero-order chi connectivity index (χ0) is 11.1. The Bertz CT molecular complexity index is 571. The largest absolute Gasteiger partial charge is 0.486 e. The molecule has 0 N–H and O–H groups in total. The molecule has 1 aromatic carbocycles. The van der Waals surface area contributed by atoms with Gasteiger partial charge in [0.05, 0.1) is 5.52 Å². The molecule has 3 rings (SSSR count). The van der Waals surface area contributed by atoms with Crippen molar-refractivity contribution >= 4 is 22.5 Å². The van der Waals surface area contributed by atoms with Gasteiger partial charge in [-0.2, -0.15) is 0 Å². The first-order valence-electron chi connectivity index (χ1n) is 4.97. The van der Waals surface area contributed by atoms with Gasteiger partial charge < -0.3 is 9.47 Å². The molecule has 0 saturated carbocycles. The molecule has 4 nitrogen and oxygen atoms in total. The van der Waals surface area contributed by atoms with Crippen LogP contribution in [0.15, 0.2) is 12.1 Å². The van der Waals surface area contributed by atoms with Gasteiger partial charge in [-0.05, 0) is 13.0 Å². The van der Waals surface area contributed by atoms with Crippen molar-refractivity contribution in [2.45, 2.75) is 6.92 Å². The minimum absolute atomic E-state index is 0.444. The summed E-state index contributed by atoms with van der Waals surface area (Å²) in [5.74, 6) is 2.06. The lowest BCUT2D eigenvalue weighted by Gasteiger charge is -2.18. The van der Waals surface area contributed by atoms with Crippen LogP contribution in [0.1, 0.15) is 5.82 Å². The zero-order valence-electron chi connectivity index (χ0n) is 8.66. The summed E-state index contributed by atoms with van der Waals surface area (Å²) in [7, 11) is 0. The molecule has 16 heavy (non-hydrogen) atoms. The van der Waals surface area contributed by atoms with Crippen LogP contribution in [0.5, 0.6) is 11.5 Å². The number of fused-ring (bicyclic) bond motifs is 2. The number of nitrogens with zero attached hydrogens (tertiary/aromatic N) is 2. The molecular weight excluding hydrogens is 228 g/mol.